The summed E-state index contributed by atoms with van der Waals surface area (Å²) in [6.07, 6.45) is 8.18. The van der Waals surface area contributed by atoms with E-state index in [0.717, 1.165) is 10.9 Å². The van der Waals surface area contributed by atoms with E-state index in [0.29, 0.717) is 28.0 Å². The first-order valence-electron chi connectivity index (χ1n) is 8.97. The van der Waals surface area contributed by atoms with Crippen LogP contribution in [-0.4, -0.2) is 19.7 Å². The number of nitriles is 1. The Morgan fingerprint density at radius 2 is 2.07 bits per heavy atom. The summed E-state index contributed by atoms with van der Waals surface area (Å²) in [5.74, 6) is 0.0735. The Bertz CT molecular complexity index is 1260. The number of hydrogen-bond donors (Lipinski definition) is 2. The molecule has 29 heavy (non-hydrogen) atoms. The quantitative estimate of drug-likeness (QED) is 0.504. The molecule has 0 radical (unpaired) electrons. The van der Waals surface area contributed by atoms with Crippen LogP contribution >= 0.6 is 0 Å². The van der Waals surface area contributed by atoms with E-state index in [1.54, 1.807) is 48.5 Å². The van der Waals surface area contributed by atoms with Crippen molar-refractivity contribution >= 4 is 28.0 Å². The topological polar surface area (TPSA) is 105 Å². The molecule has 0 aliphatic heterocycles. The zero-order valence-electron chi connectivity index (χ0n) is 15.9. The number of nitrogens with two attached hydrogens (primary N) is 1. The molecule has 4 rings (SSSR count). The first kappa shape index (κ1) is 18.4. The molecular formula is C21H18FN7. The predicted molar refractivity (Wildman–Crippen MR) is 110 cm³/mol. The van der Waals surface area contributed by atoms with Crippen molar-refractivity contribution in [1.82, 2.24) is 19.7 Å². The normalized spacial score (nSPS) is 11.9. The van der Waals surface area contributed by atoms with Crippen LogP contribution < -0.4 is 11.1 Å². The lowest BCUT2D eigenvalue weighted by Gasteiger charge is -2.12. The molecule has 0 saturated heterocycles. The molecule has 1 atom stereocenters. The van der Waals surface area contributed by atoms with E-state index in [4.69, 9.17) is 11.0 Å². The molecule has 1 unspecified atom stereocenters. The van der Waals surface area contributed by atoms with Crippen LogP contribution in [0.3, 0.4) is 0 Å². The first-order valence-corrected chi connectivity index (χ1v) is 8.97. The summed E-state index contributed by atoms with van der Waals surface area (Å²) in [6, 6.07) is 7.12. The van der Waals surface area contributed by atoms with Crippen LogP contribution in [-0.2, 0) is 0 Å². The highest BCUT2D eigenvalue weighted by Gasteiger charge is 2.15. The molecule has 8 heteroatoms. The van der Waals surface area contributed by atoms with Crippen LogP contribution in [0.1, 0.15) is 18.5 Å². The van der Waals surface area contributed by atoms with Gasteiger partial charge in [0.25, 0.3) is 0 Å². The number of anilines is 3. The summed E-state index contributed by atoms with van der Waals surface area (Å²) in [7, 11) is 0. The van der Waals surface area contributed by atoms with Gasteiger partial charge in [0.05, 0.1) is 23.6 Å². The van der Waals surface area contributed by atoms with Gasteiger partial charge in [-0.15, -0.1) is 0 Å². The van der Waals surface area contributed by atoms with Crippen LogP contribution in [0.15, 0.2) is 49.2 Å². The van der Waals surface area contributed by atoms with Gasteiger partial charge in [0.2, 0.25) is 0 Å². The molecule has 0 aliphatic carbocycles. The third-order valence-corrected chi connectivity index (χ3v) is 4.79. The second-order valence-corrected chi connectivity index (χ2v) is 6.77. The number of benzene rings is 1. The van der Waals surface area contributed by atoms with Gasteiger partial charge in [-0.3, -0.25) is 9.67 Å². The Morgan fingerprint density at radius 3 is 2.83 bits per heavy atom. The van der Waals surface area contributed by atoms with Crippen LogP contribution in [0.5, 0.6) is 0 Å². The molecule has 0 bridgehead atoms. The number of pyridine rings is 2. The Kier molecular flexibility index (Phi) is 4.56. The average Bonchev–Trinajstić information content (AvgIpc) is 3.19. The van der Waals surface area contributed by atoms with E-state index in [9.17, 15) is 4.39 Å². The molecule has 0 aliphatic rings. The maximum atomic E-state index is 14.9. The number of aryl methyl sites for hydroxylation is 1. The van der Waals surface area contributed by atoms with Gasteiger partial charge in [-0.1, -0.05) is 0 Å². The Labute approximate surface area is 166 Å². The third kappa shape index (κ3) is 3.34. The standard InChI is InChI=1S/C21H18FN7/c1-12-3-4-25-9-17(12)16-5-14-6-19(26-10-18(14)21(24)20(16)22)28-15-8-27-29(11-15)13(2)7-23/h3-6,8-11,13H,24H2,1-2H3,(H,26,28). The van der Waals surface area contributed by atoms with Crippen molar-refractivity contribution in [3.05, 3.63) is 60.6 Å². The maximum Gasteiger partial charge on any atom is 0.154 e. The summed E-state index contributed by atoms with van der Waals surface area (Å²) in [5, 5.41) is 17.6. The maximum absolute atomic E-state index is 14.9. The molecule has 7 nitrogen and oxygen atoms in total. The summed E-state index contributed by atoms with van der Waals surface area (Å²) in [6.45, 7) is 3.65. The number of fused-ring (bicyclic) bond motifs is 1. The van der Waals surface area contributed by atoms with Gasteiger partial charge in [0.15, 0.2) is 5.82 Å². The number of nitrogens with one attached hydrogen (secondary N) is 1. The largest absolute Gasteiger partial charge is 0.396 e. The Morgan fingerprint density at radius 1 is 1.24 bits per heavy atom. The molecule has 3 aromatic heterocycles. The van der Waals surface area contributed by atoms with Crippen molar-refractivity contribution in [1.29, 1.82) is 5.26 Å². The average molecular weight is 387 g/mol. The molecule has 144 valence electrons. The number of nitrogen functional groups attached to an aromatic ring is 1. The summed E-state index contributed by atoms with van der Waals surface area (Å²) in [4.78, 5) is 8.43. The zero-order chi connectivity index (χ0) is 20.5. The fourth-order valence-electron chi connectivity index (χ4n) is 3.13. The van der Waals surface area contributed by atoms with Crippen LogP contribution in [0.2, 0.25) is 0 Å². The number of halogens is 1. The third-order valence-electron chi connectivity index (χ3n) is 4.79. The van der Waals surface area contributed by atoms with Crippen molar-refractivity contribution in [3.63, 3.8) is 0 Å². The van der Waals surface area contributed by atoms with Crippen molar-refractivity contribution in [2.75, 3.05) is 11.1 Å². The number of aromatic nitrogens is 4. The van der Waals surface area contributed by atoms with Gasteiger partial charge >= 0.3 is 0 Å². The highest BCUT2D eigenvalue weighted by atomic mass is 19.1. The lowest BCUT2D eigenvalue weighted by Crippen LogP contribution is -2.02. The minimum atomic E-state index is -0.483. The number of rotatable bonds is 4. The fourth-order valence-corrected chi connectivity index (χ4v) is 3.13. The highest BCUT2D eigenvalue weighted by Crippen LogP contribution is 2.35. The summed E-state index contributed by atoms with van der Waals surface area (Å²) >= 11 is 0. The lowest BCUT2D eigenvalue weighted by atomic mass is 9.98. The van der Waals surface area contributed by atoms with Gasteiger partial charge in [-0.25, -0.2) is 9.37 Å². The Hall–Kier alpha value is -3.99. The van der Waals surface area contributed by atoms with Crippen molar-refractivity contribution < 1.29 is 4.39 Å². The second-order valence-electron chi connectivity index (χ2n) is 6.77. The van der Waals surface area contributed by atoms with Gasteiger partial charge in [-0.2, -0.15) is 10.4 Å². The van der Waals surface area contributed by atoms with Crippen molar-refractivity contribution in [2.45, 2.75) is 19.9 Å². The molecule has 0 saturated carbocycles. The van der Waals surface area contributed by atoms with Crippen LogP contribution in [0.25, 0.3) is 21.9 Å². The molecule has 0 spiro atoms. The number of hydrogen-bond acceptors (Lipinski definition) is 6. The van der Waals surface area contributed by atoms with Crippen molar-refractivity contribution in [2.24, 2.45) is 0 Å². The highest BCUT2D eigenvalue weighted by molar-refractivity contribution is 5.98. The first-order chi connectivity index (χ1) is 14.0. The minimum Gasteiger partial charge on any atom is -0.396 e. The van der Waals surface area contributed by atoms with Gasteiger partial charge in [0.1, 0.15) is 11.9 Å². The van der Waals surface area contributed by atoms with E-state index in [-0.39, 0.29) is 11.7 Å². The predicted octanol–water partition coefficient (Wildman–Crippen LogP) is 4.35. The molecular weight excluding hydrogens is 369 g/mol. The van der Waals surface area contributed by atoms with E-state index >= 15 is 0 Å². The zero-order valence-corrected chi connectivity index (χ0v) is 15.9. The van der Waals surface area contributed by atoms with E-state index < -0.39 is 5.82 Å². The second kappa shape index (κ2) is 7.20. The Balaban J connectivity index is 1.75. The fraction of sp³-hybridized carbons (Fsp3) is 0.143. The van der Waals surface area contributed by atoms with Crippen molar-refractivity contribution in [3.8, 4) is 17.2 Å². The molecule has 3 heterocycles. The molecule has 0 amide bonds. The van der Waals surface area contributed by atoms with E-state index in [1.165, 1.54) is 6.20 Å². The monoisotopic (exact) mass is 387 g/mol. The van der Waals surface area contributed by atoms with Gasteiger partial charge in [-0.05, 0) is 43.0 Å². The molecule has 1 aromatic carbocycles. The van der Waals surface area contributed by atoms with Gasteiger partial charge in [0, 0.05) is 41.3 Å². The molecule has 0 fully saturated rings. The van der Waals surface area contributed by atoms with E-state index in [2.05, 4.69) is 26.5 Å². The minimum absolute atomic E-state index is 0.0514. The van der Waals surface area contributed by atoms with Crippen LogP contribution in [0.4, 0.5) is 21.6 Å². The van der Waals surface area contributed by atoms with Crippen LogP contribution in [0, 0.1) is 24.1 Å². The summed E-state index contributed by atoms with van der Waals surface area (Å²) < 4.78 is 16.5. The SMILES string of the molecule is Cc1ccncc1-c1cc2cc(Nc3cnn(C(C)C#N)c3)ncc2c(N)c1F. The summed E-state index contributed by atoms with van der Waals surface area (Å²) in [5.41, 5.74) is 8.80. The van der Waals surface area contributed by atoms with E-state index in [1.807, 2.05) is 13.0 Å². The number of nitrogens with zero attached hydrogens (tertiary/aromatic N) is 5. The lowest BCUT2D eigenvalue weighted by molar-refractivity contribution is 0.591. The molecule has 4 aromatic rings. The smallest absolute Gasteiger partial charge is 0.154 e. The van der Waals surface area contributed by atoms with Gasteiger partial charge < -0.3 is 11.1 Å². The molecule has 3 N–H and O–H groups in total.